The van der Waals surface area contributed by atoms with Crippen LogP contribution in [-0.4, -0.2) is 38.2 Å². The van der Waals surface area contributed by atoms with E-state index < -0.39 is 0 Å². The number of hydrazine groups is 1. The van der Waals surface area contributed by atoms with E-state index in [-0.39, 0.29) is 25.2 Å². The van der Waals surface area contributed by atoms with Crippen molar-refractivity contribution >= 4 is 23.3 Å². The van der Waals surface area contributed by atoms with Gasteiger partial charge in [0.15, 0.2) is 0 Å². The molecule has 28 heavy (non-hydrogen) atoms. The van der Waals surface area contributed by atoms with E-state index in [1.807, 2.05) is 59.5 Å². The van der Waals surface area contributed by atoms with Gasteiger partial charge in [-0.1, -0.05) is 30.3 Å². The van der Waals surface area contributed by atoms with Crippen molar-refractivity contribution in [3.8, 4) is 0 Å². The largest absolute Gasteiger partial charge is 0.464 e. The van der Waals surface area contributed by atoms with Crippen molar-refractivity contribution < 1.29 is 19.1 Å². The first kappa shape index (κ1) is 21.2. The number of nitrogens with one attached hydrogen (secondary N) is 2. The molecule has 2 aromatic rings. The molecule has 150 valence electrons. The number of carbonyl (C=O) groups excluding carboxylic acids is 2. The summed E-state index contributed by atoms with van der Waals surface area (Å²) in [7, 11) is 0. The highest BCUT2D eigenvalue weighted by Gasteiger charge is 2.08. The summed E-state index contributed by atoms with van der Waals surface area (Å²) in [6.45, 7) is 5.03. The molecule has 0 unspecified atom stereocenters. The third-order valence-electron chi connectivity index (χ3n) is 3.93. The van der Waals surface area contributed by atoms with Gasteiger partial charge in [0, 0.05) is 31.8 Å². The zero-order chi connectivity index (χ0) is 20.2. The molecule has 0 aliphatic carbocycles. The molecule has 0 bridgehead atoms. The lowest BCUT2D eigenvalue weighted by molar-refractivity contribution is -0.141. The highest BCUT2D eigenvalue weighted by atomic mass is 16.5. The molecule has 2 rings (SSSR count). The highest BCUT2D eigenvalue weighted by Crippen LogP contribution is 2.15. The molecule has 7 heteroatoms. The maximum atomic E-state index is 11.0. The third-order valence-corrected chi connectivity index (χ3v) is 3.93. The molecule has 0 amide bonds. The Morgan fingerprint density at radius 1 is 0.857 bits per heavy atom. The van der Waals surface area contributed by atoms with Gasteiger partial charge in [0.25, 0.3) is 0 Å². The molecule has 2 N–H and O–H groups in total. The van der Waals surface area contributed by atoms with Gasteiger partial charge in [0.1, 0.15) is 13.2 Å². The van der Waals surface area contributed by atoms with Crippen molar-refractivity contribution in [3.05, 3.63) is 60.2 Å². The zero-order valence-corrected chi connectivity index (χ0v) is 16.3. The van der Waals surface area contributed by atoms with Gasteiger partial charge in [-0.05, 0) is 29.8 Å². The molecule has 0 spiro atoms. The Labute approximate surface area is 165 Å². The minimum absolute atomic E-state index is 0.277. The van der Waals surface area contributed by atoms with Gasteiger partial charge in [-0.2, -0.15) is 0 Å². The molecular formula is C21H27N3O4. The first-order chi connectivity index (χ1) is 13.5. The van der Waals surface area contributed by atoms with Gasteiger partial charge in [-0.15, -0.1) is 0 Å². The fraction of sp³-hybridized carbons (Fsp3) is 0.333. The van der Waals surface area contributed by atoms with E-state index >= 15 is 0 Å². The summed E-state index contributed by atoms with van der Waals surface area (Å²) < 4.78 is 10.1. The molecule has 0 radical (unpaired) electrons. The van der Waals surface area contributed by atoms with Crippen LogP contribution in [-0.2, 0) is 25.6 Å². The highest BCUT2D eigenvalue weighted by molar-refractivity contribution is 5.66. The lowest BCUT2D eigenvalue weighted by Gasteiger charge is -2.24. The fourth-order valence-corrected chi connectivity index (χ4v) is 2.56. The minimum atomic E-state index is -0.313. The van der Waals surface area contributed by atoms with Crippen LogP contribution in [0.5, 0.6) is 0 Å². The Morgan fingerprint density at radius 2 is 1.43 bits per heavy atom. The molecule has 0 aromatic heterocycles. The molecule has 0 fully saturated rings. The molecule has 0 saturated carbocycles. The van der Waals surface area contributed by atoms with Crippen LogP contribution in [0.2, 0.25) is 0 Å². The first-order valence-corrected chi connectivity index (χ1v) is 9.19. The number of esters is 2. The van der Waals surface area contributed by atoms with Crippen LogP contribution in [0, 0.1) is 0 Å². The lowest BCUT2D eigenvalue weighted by atomic mass is 10.2. The van der Waals surface area contributed by atoms with E-state index in [9.17, 15) is 9.59 Å². The molecule has 7 nitrogen and oxygen atoms in total. The number of benzene rings is 2. The Bertz CT molecular complexity index is 715. The van der Waals surface area contributed by atoms with Crippen molar-refractivity contribution in [2.24, 2.45) is 0 Å². The van der Waals surface area contributed by atoms with Crippen LogP contribution in [0.4, 0.5) is 11.4 Å². The second-order valence-corrected chi connectivity index (χ2v) is 6.18. The second kappa shape index (κ2) is 11.6. The van der Waals surface area contributed by atoms with Crippen LogP contribution in [0.3, 0.4) is 0 Å². The summed E-state index contributed by atoms with van der Waals surface area (Å²) in [5, 5.41) is 0. The fourth-order valence-electron chi connectivity index (χ4n) is 2.56. The first-order valence-electron chi connectivity index (χ1n) is 9.19. The Morgan fingerprint density at radius 3 is 1.96 bits per heavy atom. The van der Waals surface area contributed by atoms with Gasteiger partial charge in [0.05, 0.1) is 13.1 Å². The Kier molecular flexibility index (Phi) is 8.81. The summed E-state index contributed by atoms with van der Waals surface area (Å²) in [6, 6.07) is 17.9. The second-order valence-electron chi connectivity index (χ2n) is 6.18. The number of hydrogen-bond donors (Lipinski definition) is 2. The maximum absolute atomic E-state index is 11.0. The number of anilines is 2. The van der Waals surface area contributed by atoms with Crippen LogP contribution in [0.15, 0.2) is 54.6 Å². The smallest absolute Gasteiger partial charge is 0.302 e. The molecule has 0 aliphatic rings. The average Bonchev–Trinajstić information content (AvgIpc) is 2.68. The van der Waals surface area contributed by atoms with Crippen LogP contribution < -0.4 is 15.8 Å². The van der Waals surface area contributed by atoms with E-state index in [4.69, 9.17) is 9.47 Å². The SMILES string of the molecule is CC(=O)OCCN(CCOC(C)=O)c1ccc(CNNc2ccccc2)cc1. The predicted octanol–water partition coefficient (Wildman–Crippen LogP) is 2.74. The third kappa shape index (κ3) is 8.09. The monoisotopic (exact) mass is 385 g/mol. The molecule has 0 saturated heterocycles. The van der Waals surface area contributed by atoms with Crippen molar-refractivity contribution in [1.29, 1.82) is 0 Å². The lowest BCUT2D eigenvalue weighted by Crippen LogP contribution is -2.31. The number of hydrogen-bond acceptors (Lipinski definition) is 7. The Hall–Kier alpha value is -3.06. The van der Waals surface area contributed by atoms with Crippen molar-refractivity contribution in [1.82, 2.24) is 5.43 Å². The standard InChI is InChI=1S/C21H27N3O4/c1-17(25)27-14-12-24(13-15-28-18(2)26)21-10-8-19(9-11-21)16-22-23-20-6-4-3-5-7-20/h3-11,22-23H,12-16H2,1-2H3. The van der Waals surface area contributed by atoms with E-state index in [1.54, 1.807) is 0 Å². The minimum Gasteiger partial charge on any atom is -0.464 e. The van der Waals surface area contributed by atoms with Crippen LogP contribution in [0.1, 0.15) is 19.4 Å². The summed E-state index contributed by atoms with van der Waals surface area (Å²) in [4.78, 5) is 24.0. The average molecular weight is 385 g/mol. The number of para-hydroxylation sites is 1. The predicted molar refractivity (Wildman–Crippen MR) is 109 cm³/mol. The topological polar surface area (TPSA) is 79.9 Å². The summed E-state index contributed by atoms with van der Waals surface area (Å²) in [6.07, 6.45) is 0. The quantitative estimate of drug-likeness (QED) is 0.455. The Balaban J connectivity index is 1.88. The van der Waals surface area contributed by atoms with Crippen molar-refractivity contribution in [2.45, 2.75) is 20.4 Å². The summed E-state index contributed by atoms with van der Waals surface area (Å²) in [5.41, 5.74) is 9.42. The van der Waals surface area contributed by atoms with E-state index in [0.717, 1.165) is 16.9 Å². The summed E-state index contributed by atoms with van der Waals surface area (Å²) >= 11 is 0. The van der Waals surface area contributed by atoms with Gasteiger partial charge >= 0.3 is 11.9 Å². The van der Waals surface area contributed by atoms with E-state index in [2.05, 4.69) is 10.9 Å². The normalized spacial score (nSPS) is 10.2. The molecule has 0 aliphatic heterocycles. The number of rotatable bonds is 11. The van der Waals surface area contributed by atoms with Gasteiger partial charge < -0.3 is 19.8 Å². The van der Waals surface area contributed by atoms with Crippen molar-refractivity contribution in [3.63, 3.8) is 0 Å². The zero-order valence-electron chi connectivity index (χ0n) is 16.3. The van der Waals surface area contributed by atoms with Crippen molar-refractivity contribution in [2.75, 3.05) is 36.6 Å². The number of ether oxygens (including phenoxy) is 2. The molecule has 2 aromatic carbocycles. The summed E-state index contributed by atoms with van der Waals surface area (Å²) in [5.74, 6) is -0.625. The number of carbonyl (C=O) groups is 2. The van der Waals surface area contributed by atoms with Crippen LogP contribution in [0.25, 0.3) is 0 Å². The van der Waals surface area contributed by atoms with Gasteiger partial charge in [-0.25, -0.2) is 5.43 Å². The van der Waals surface area contributed by atoms with Gasteiger partial charge in [0.2, 0.25) is 0 Å². The van der Waals surface area contributed by atoms with Crippen LogP contribution >= 0.6 is 0 Å². The van der Waals surface area contributed by atoms with E-state index in [1.165, 1.54) is 13.8 Å². The van der Waals surface area contributed by atoms with Gasteiger partial charge in [-0.3, -0.25) is 9.59 Å². The molecule has 0 heterocycles. The maximum Gasteiger partial charge on any atom is 0.302 e. The molecular weight excluding hydrogens is 358 g/mol. The van der Waals surface area contributed by atoms with E-state index in [0.29, 0.717) is 19.6 Å². The molecule has 0 atom stereocenters. The number of nitrogens with zero attached hydrogens (tertiary/aromatic N) is 1.